The Bertz CT molecular complexity index is 445. The summed E-state index contributed by atoms with van der Waals surface area (Å²) >= 11 is 0. The fourth-order valence-electron chi connectivity index (χ4n) is 3.27. The molecule has 0 heterocycles. The minimum Gasteiger partial charge on any atom is -0.455 e. The van der Waals surface area contributed by atoms with Gasteiger partial charge in [-0.3, -0.25) is 9.59 Å². The van der Waals surface area contributed by atoms with Crippen LogP contribution in [0.4, 0.5) is 0 Å². The van der Waals surface area contributed by atoms with E-state index in [-0.39, 0.29) is 6.42 Å². The molecule has 5 heteroatoms. The van der Waals surface area contributed by atoms with E-state index in [1.807, 2.05) is 0 Å². The number of rotatable bonds is 13. The number of carbonyl (C=O) groups excluding carboxylic acids is 2. The molecule has 0 saturated heterocycles. The van der Waals surface area contributed by atoms with Gasteiger partial charge in [0.2, 0.25) is 0 Å². The molecule has 25 heavy (non-hydrogen) atoms. The van der Waals surface area contributed by atoms with Crippen LogP contribution in [-0.4, -0.2) is 39.8 Å². The maximum atomic E-state index is 12.4. The first kappa shape index (κ1) is 21.8. The van der Waals surface area contributed by atoms with Crippen LogP contribution >= 0.6 is 0 Å². The molecule has 5 nitrogen and oxygen atoms in total. The van der Waals surface area contributed by atoms with Gasteiger partial charge in [0.05, 0.1) is 0 Å². The van der Waals surface area contributed by atoms with E-state index in [1.165, 1.54) is 64.0 Å². The molecule has 144 valence electrons. The molecule has 0 aliphatic heterocycles. The molecular formula is C20H34O5. The van der Waals surface area contributed by atoms with Gasteiger partial charge in [0.15, 0.2) is 17.5 Å². The lowest BCUT2D eigenvalue weighted by atomic mass is 9.88. The summed E-state index contributed by atoms with van der Waals surface area (Å²) in [5.74, 6) is -1.05. The molecule has 0 saturated carbocycles. The summed E-state index contributed by atoms with van der Waals surface area (Å²) < 4.78 is 4.96. The highest BCUT2D eigenvalue weighted by molar-refractivity contribution is 5.90. The van der Waals surface area contributed by atoms with Gasteiger partial charge in [-0.1, -0.05) is 70.8 Å². The number of aliphatic hydroxyl groups is 2. The van der Waals surface area contributed by atoms with Gasteiger partial charge in [0, 0.05) is 13.3 Å². The highest BCUT2D eigenvalue weighted by atomic mass is 16.6. The van der Waals surface area contributed by atoms with Gasteiger partial charge < -0.3 is 14.9 Å². The van der Waals surface area contributed by atoms with Gasteiger partial charge in [-0.2, -0.15) is 0 Å². The molecule has 0 spiro atoms. The van der Waals surface area contributed by atoms with E-state index in [2.05, 4.69) is 6.92 Å². The van der Waals surface area contributed by atoms with Crippen LogP contribution in [0.15, 0.2) is 12.2 Å². The third kappa shape index (κ3) is 6.90. The smallest absolute Gasteiger partial charge is 0.303 e. The monoisotopic (exact) mass is 354 g/mol. The van der Waals surface area contributed by atoms with Gasteiger partial charge in [-0.25, -0.2) is 0 Å². The molecule has 1 rings (SSSR count). The highest BCUT2D eigenvalue weighted by Crippen LogP contribution is 2.30. The Hall–Kier alpha value is -1.20. The summed E-state index contributed by atoms with van der Waals surface area (Å²) in [5.41, 5.74) is -2.04. The number of ether oxygens (including phenoxy) is 1. The zero-order valence-electron chi connectivity index (χ0n) is 15.7. The number of carbonyl (C=O) groups is 2. The van der Waals surface area contributed by atoms with Crippen molar-refractivity contribution in [3.05, 3.63) is 12.2 Å². The maximum absolute atomic E-state index is 12.4. The molecule has 3 atom stereocenters. The molecule has 0 fully saturated rings. The van der Waals surface area contributed by atoms with E-state index in [4.69, 9.17) is 4.74 Å². The Morgan fingerprint density at radius 3 is 2.00 bits per heavy atom. The molecule has 0 radical (unpaired) electrons. The first-order valence-corrected chi connectivity index (χ1v) is 9.72. The van der Waals surface area contributed by atoms with Crippen molar-refractivity contribution < 1.29 is 24.5 Å². The van der Waals surface area contributed by atoms with E-state index in [1.54, 1.807) is 0 Å². The van der Waals surface area contributed by atoms with Crippen molar-refractivity contribution >= 4 is 11.8 Å². The van der Waals surface area contributed by atoms with Crippen molar-refractivity contribution in [1.82, 2.24) is 0 Å². The molecular weight excluding hydrogens is 320 g/mol. The highest BCUT2D eigenvalue weighted by Gasteiger charge is 2.52. The topological polar surface area (TPSA) is 83.8 Å². The van der Waals surface area contributed by atoms with Crippen molar-refractivity contribution in [3.63, 3.8) is 0 Å². The van der Waals surface area contributed by atoms with E-state index < -0.39 is 29.6 Å². The van der Waals surface area contributed by atoms with Crippen LogP contribution in [0.5, 0.6) is 0 Å². The minimum absolute atomic E-state index is 0.184. The zero-order chi connectivity index (χ0) is 18.7. The number of hydrogen-bond donors (Lipinski definition) is 2. The van der Waals surface area contributed by atoms with Gasteiger partial charge in [-0.05, 0) is 12.5 Å². The Morgan fingerprint density at radius 1 is 0.960 bits per heavy atom. The lowest BCUT2D eigenvalue weighted by molar-refractivity contribution is -0.172. The standard InChI is InChI=1S/C20H34O5/c1-3-4-5-6-7-8-9-10-11-12-13-17(22)20(24)18(23)14-15-19(20)25-16(2)21/h14-15,18-19,23-24H,3-13H2,1-2H3/t18?,19-,20-/m1/s1. The summed E-state index contributed by atoms with van der Waals surface area (Å²) in [6, 6.07) is 0. The van der Waals surface area contributed by atoms with Gasteiger partial charge >= 0.3 is 5.97 Å². The fourth-order valence-corrected chi connectivity index (χ4v) is 3.27. The summed E-state index contributed by atoms with van der Waals surface area (Å²) in [6.45, 7) is 3.43. The fraction of sp³-hybridized carbons (Fsp3) is 0.800. The maximum Gasteiger partial charge on any atom is 0.303 e. The van der Waals surface area contributed by atoms with E-state index in [0.29, 0.717) is 6.42 Å². The number of hydrogen-bond acceptors (Lipinski definition) is 5. The van der Waals surface area contributed by atoms with Crippen molar-refractivity contribution in [1.29, 1.82) is 0 Å². The van der Waals surface area contributed by atoms with E-state index >= 15 is 0 Å². The van der Waals surface area contributed by atoms with Crippen LogP contribution in [0.25, 0.3) is 0 Å². The lowest BCUT2D eigenvalue weighted by Crippen LogP contribution is -2.55. The van der Waals surface area contributed by atoms with Gasteiger partial charge in [-0.15, -0.1) is 0 Å². The molecule has 1 unspecified atom stereocenters. The molecule has 0 bridgehead atoms. The van der Waals surface area contributed by atoms with Crippen LogP contribution in [0.2, 0.25) is 0 Å². The number of esters is 1. The van der Waals surface area contributed by atoms with Crippen LogP contribution in [0.3, 0.4) is 0 Å². The number of ketones is 1. The molecule has 0 amide bonds. The van der Waals surface area contributed by atoms with E-state index in [0.717, 1.165) is 12.8 Å². The number of unbranched alkanes of at least 4 members (excludes halogenated alkanes) is 9. The largest absolute Gasteiger partial charge is 0.455 e. The van der Waals surface area contributed by atoms with Crippen LogP contribution in [0.1, 0.15) is 84.5 Å². The second-order valence-corrected chi connectivity index (χ2v) is 7.04. The van der Waals surface area contributed by atoms with E-state index in [9.17, 15) is 19.8 Å². The average molecular weight is 354 g/mol. The van der Waals surface area contributed by atoms with Gasteiger partial charge in [0.1, 0.15) is 6.10 Å². The van der Waals surface area contributed by atoms with Crippen molar-refractivity contribution in [2.45, 2.75) is 102 Å². The van der Waals surface area contributed by atoms with Crippen LogP contribution < -0.4 is 0 Å². The first-order valence-electron chi connectivity index (χ1n) is 9.72. The van der Waals surface area contributed by atoms with Crippen molar-refractivity contribution in [2.24, 2.45) is 0 Å². The third-order valence-electron chi connectivity index (χ3n) is 4.85. The molecule has 0 aromatic rings. The Kier molecular flexibility index (Phi) is 9.98. The van der Waals surface area contributed by atoms with Crippen molar-refractivity contribution in [2.75, 3.05) is 0 Å². The third-order valence-corrected chi connectivity index (χ3v) is 4.85. The number of aliphatic hydroxyl groups excluding tert-OH is 1. The lowest BCUT2D eigenvalue weighted by Gasteiger charge is -2.30. The Morgan fingerprint density at radius 2 is 1.48 bits per heavy atom. The second-order valence-electron chi connectivity index (χ2n) is 7.04. The first-order chi connectivity index (χ1) is 11.9. The second kappa shape index (κ2) is 11.4. The SMILES string of the molecule is CCCCCCCCCCCCC(=O)[C@@]1(O)C(O)C=C[C@H]1OC(C)=O. The predicted molar refractivity (Wildman–Crippen MR) is 97.1 cm³/mol. The summed E-state index contributed by atoms with van der Waals surface area (Å²) in [4.78, 5) is 23.5. The molecule has 0 aromatic carbocycles. The molecule has 1 aliphatic rings. The predicted octanol–water partition coefficient (Wildman–Crippen LogP) is 3.46. The quantitative estimate of drug-likeness (QED) is 0.301. The molecule has 1 aliphatic carbocycles. The summed E-state index contributed by atoms with van der Waals surface area (Å²) in [7, 11) is 0. The number of Topliss-reactive ketones (excluding diaryl/α,β-unsaturated/α-hetero) is 1. The van der Waals surface area contributed by atoms with Crippen molar-refractivity contribution in [3.8, 4) is 0 Å². The summed E-state index contributed by atoms with van der Waals surface area (Å²) in [6.07, 6.45) is 12.0. The van der Waals surface area contributed by atoms with Crippen LogP contribution in [0, 0.1) is 0 Å². The van der Waals surface area contributed by atoms with Crippen LogP contribution in [-0.2, 0) is 14.3 Å². The van der Waals surface area contributed by atoms with Gasteiger partial charge in [0.25, 0.3) is 0 Å². The Balaban J connectivity index is 2.21. The summed E-state index contributed by atoms with van der Waals surface area (Å²) in [5, 5.41) is 20.5. The normalized spacial score (nSPS) is 25.3. The zero-order valence-corrected chi connectivity index (χ0v) is 15.7. The molecule has 0 aromatic heterocycles. The Labute approximate surface area is 151 Å². The molecule has 2 N–H and O–H groups in total. The minimum atomic E-state index is -2.04. The average Bonchev–Trinajstić information content (AvgIpc) is 2.85.